The van der Waals surface area contributed by atoms with Crippen LogP contribution in [0.3, 0.4) is 0 Å². The summed E-state index contributed by atoms with van der Waals surface area (Å²) in [6, 6.07) is 0. The third-order valence-electron chi connectivity index (χ3n) is 0.699. The molecule has 0 atom stereocenters. The van der Waals surface area contributed by atoms with E-state index in [1.54, 1.807) is 0 Å². The highest BCUT2D eigenvalue weighted by atomic mass is 35.5. The molecule has 0 radical (unpaired) electrons. The van der Waals surface area contributed by atoms with Gasteiger partial charge in [-0.3, -0.25) is 0 Å². The number of allylic oxidation sites excluding steroid dienone is 2. The Labute approximate surface area is 71.8 Å². The van der Waals surface area contributed by atoms with Crippen LogP contribution in [0.5, 0.6) is 0 Å². The van der Waals surface area contributed by atoms with Gasteiger partial charge in [-0.15, -0.1) is 22.6 Å². The van der Waals surface area contributed by atoms with Gasteiger partial charge >= 0.3 is 0 Å². The van der Waals surface area contributed by atoms with E-state index in [9.17, 15) is 0 Å². The summed E-state index contributed by atoms with van der Waals surface area (Å²) in [5.41, 5.74) is 10.5. The Bertz CT molecular complexity index is 181. The van der Waals surface area contributed by atoms with Crippen LogP contribution in [0.2, 0.25) is 0 Å². The van der Waals surface area contributed by atoms with Gasteiger partial charge in [0.2, 0.25) is 5.96 Å². The molecule has 4 nitrogen and oxygen atoms in total. The normalized spacial score (nSPS) is 6.91. The fourth-order valence-electron chi connectivity index (χ4n) is 0.280. The molecule has 4 N–H and O–H groups in total. The summed E-state index contributed by atoms with van der Waals surface area (Å²) in [6.07, 6.45) is 3.00. The average Bonchev–Trinajstić information content (AvgIpc) is 1.90. The van der Waals surface area contributed by atoms with E-state index in [0.29, 0.717) is 5.71 Å². The fraction of sp³-hybridized carbons (Fsp3) is 0. The zero-order valence-electron chi connectivity index (χ0n) is 6.03. The Kier molecular flexibility index (Phi) is 7.69. The van der Waals surface area contributed by atoms with Gasteiger partial charge in [-0.25, -0.2) is 0 Å². The highest BCUT2D eigenvalue weighted by Crippen LogP contribution is 1.81. The molecular weight excluding hydrogens is 164 g/mol. The lowest BCUT2D eigenvalue weighted by atomic mass is 10.4. The van der Waals surface area contributed by atoms with E-state index in [4.69, 9.17) is 11.5 Å². The van der Waals surface area contributed by atoms with E-state index in [1.807, 2.05) is 0 Å². The van der Waals surface area contributed by atoms with Crippen LogP contribution < -0.4 is 11.5 Å². The quantitative estimate of drug-likeness (QED) is 0.369. The second-order valence-electron chi connectivity index (χ2n) is 1.46. The van der Waals surface area contributed by atoms with Crippen LogP contribution >= 0.6 is 12.4 Å². The van der Waals surface area contributed by atoms with Gasteiger partial charge in [-0.05, 0) is 12.2 Å². The summed E-state index contributed by atoms with van der Waals surface area (Å²) in [4.78, 5) is 0. The molecule has 0 saturated heterocycles. The van der Waals surface area contributed by atoms with Crippen molar-refractivity contribution >= 4 is 24.1 Å². The number of nitrogens with two attached hydrogens (primary N) is 2. The molecule has 11 heavy (non-hydrogen) atoms. The lowest BCUT2D eigenvalue weighted by Gasteiger charge is -1.86. The molecule has 0 aromatic carbocycles. The predicted molar refractivity (Wildman–Crippen MR) is 50.9 cm³/mol. The van der Waals surface area contributed by atoms with Gasteiger partial charge in [0.25, 0.3) is 0 Å². The first-order valence-electron chi connectivity index (χ1n) is 2.62. The third kappa shape index (κ3) is 6.60. The van der Waals surface area contributed by atoms with E-state index in [0.717, 1.165) is 0 Å². The number of rotatable bonds is 3. The van der Waals surface area contributed by atoms with Gasteiger partial charge in [0.1, 0.15) is 0 Å². The summed E-state index contributed by atoms with van der Waals surface area (Å²) >= 11 is 0. The monoisotopic (exact) mass is 174 g/mol. The minimum atomic E-state index is -0.0822. The summed E-state index contributed by atoms with van der Waals surface area (Å²) in [7, 11) is 0. The van der Waals surface area contributed by atoms with Crippen LogP contribution in [-0.2, 0) is 0 Å². The average molecular weight is 175 g/mol. The largest absolute Gasteiger partial charge is 0.369 e. The van der Waals surface area contributed by atoms with Gasteiger partial charge in [0, 0.05) is 0 Å². The van der Waals surface area contributed by atoms with Crippen LogP contribution in [-0.4, -0.2) is 11.7 Å². The second kappa shape index (κ2) is 6.82. The number of hydrogen-bond donors (Lipinski definition) is 2. The first-order chi connectivity index (χ1) is 4.70. The smallest absolute Gasteiger partial charge is 0.211 e. The van der Waals surface area contributed by atoms with Crippen molar-refractivity contribution in [3.8, 4) is 0 Å². The first-order valence-corrected chi connectivity index (χ1v) is 2.62. The van der Waals surface area contributed by atoms with Crippen molar-refractivity contribution in [1.82, 2.24) is 0 Å². The van der Waals surface area contributed by atoms with Crippen molar-refractivity contribution in [2.75, 3.05) is 0 Å². The molecule has 0 aromatic rings. The molecule has 0 rings (SSSR count). The van der Waals surface area contributed by atoms with Gasteiger partial charge in [-0.1, -0.05) is 13.2 Å². The zero-order valence-corrected chi connectivity index (χ0v) is 6.84. The van der Waals surface area contributed by atoms with Crippen LogP contribution in [0.15, 0.2) is 35.5 Å². The number of hydrogen-bond acceptors (Lipinski definition) is 2. The number of guanidine groups is 1. The van der Waals surface area contributed by atoms with Crippen LogP contribution in [0.1, 0.15) is 0 Å². The molecule has 0 fully saturated rings. The maximum atomic E-state index is 5.00. The number of halogens is 1. The summed E-state index contributed by atoms with van der Waals surface area (Å²) in [6.45, 7) is 6.91. The van der Waals surface area contributed by atoms with E-state index >= 15 is 0 Å². The van der Waals surface area contributed by atoms with Crippen molar-refractivity contribution in [1.29, 1.82) is 0 Å². The van der Waals surface area contributed by atoms with Crippen LogP contribution in [0.4, 0.5) is 0 Å². The van der Waals surface area contributed by atoms with E-state index in [2.05, 4.69) is 23.4 Å². The lowest BCUT2D eigenvalue weighted by Crippen LogP contribution is -2.21. The Balaban J connectivity index is 0. The molecule has 0 aliphatic rings. The topological polar surface area (TPSA) is 76.8 Å². The van der Waals surface area contributed by atoms with Crippen molar-refractivity contribution in [3.05, 3.63) is 25.3 Å². The fourth-order valence-corrected chi connectivity index (χ4v) is 0.280. The summed E-state index contributed by atoms with van der Waals surface area (Å²) < 4.78 is 0. The molecule has 62 valence electrons. The molecule has 0 unspecified atom stereocenters. The molecule has 0 spiro atoms. The lowest BCUT2D eigenvalue weighted by molar-refractivity contribution is 1.21. The Morgan fingerprint density at radius 1 is 1.09 bits per heavy atom. The Morgan fingerprint density at radius 3 is 1.82 bits per heavy atom. The second-order valence-corrected chi connectivity index (χ2v) is 1.46. The minimum Gasteiger partial charge on any atom is -0.369 e. The molecule has 0 bridgehead atoms. The molecule has 0 amide bonds. The number of nitrogens with zero attached hydrogens (tertiary/aromatic N) is 2. The van der Waals surface area contributed by atoms with Crippen molar-refractivity contribution < 1.29 is 0 Å². The molecule has 0 aliphatic carbocycles. The molecular formula is C6H11ClN4. The van der Waals surface area contributed by atoms with Gasteiger partial charge < -0.3 is 11.5 Å². The maximum Gasteiger partial charge on any atom is 0.211 e. The molecule has 5 heteroatoms. The zero-order chi connectivity index (χ0) is 7.98. The minimum absolute atomic E-state index is 0. The van der Waals surface area contributed by atoms with Gasteiger partial charge in [0.05, 0.1) is 5.71 Å². The third-order valence-corrected chi connectivity index (χ3v) is 0.699. The predicted octanol–water partition coefficient (Wildman–Crippen LogP) is 0.410. The first kappa shape index (κ1) is 12.4. The summed E-state index contributed by atoms with van der Waals surface area (Å²) in [5, 5.41) is 6.96. The highest BCUT2D eigenvalue weighted by Gasteiger charge is 1.81. The standard InChI is InChI=1S/C6H10N4.ClH/c1-3-5(4-2)9-10-6(7)8;/h3-4H,1-2H2,(H4,7,8,10);1H. The highest BCUT2D eigenvalue weighted by molar-refractivity contribution is 6.03. The van der Waals surface area contributed by atoms with E-state index in [-0.39, 0.29) is 18.4 Å². The van der Waals surface area contributed by atoms with Crippen molar-refractivity contribution in [3.63, 3.8) is 0 Å². The van der Waals surface area contributed by atoms with Crippen molar-refractivity contribution in [2.24, 2.45) is 21.7 Å². The molecule has 0 aromatic heterocycles. The van der Waals surface area contributed by atoms with Gasteiger partial charge in [-0.2, -0.15) is 0 Å². The van der Waals surface area contributed by atoms with E-state index in [1.165, 1.54) is 12.2 Å². The molecule has 0 aliphatic heterocycles. The van der Waals surface area contributed by atoms with E-state index < -0.39 is 0 Å². The molecule has 0 heterocycles. The van der Waals surface area contributed by atoms with Crippen molar-refractivity contribution in [2.45, 2.75) is 0 Å². The van der Waals surface area contributed by atoms with Crippen LogP contribution in [0, 0.1) is 0 Å². The maximum absolute atomic E-state index is 5.00. The Morgan fingerprint density at radius 2 is 1.55 bits per heavy atom. The van der Waals surface area contributed by atoms with Crippen LogP contribution in [0.25, 0.3) is 0 Å². The Hall–Kier alpha value is -1.29. The SMILES string of the molecule is C=CC(C=C)=NN=C(N)N.Cl. The van der Waals surface area contributed by atoms with Gasteiger partial charge in [0.15, 0.2) is 0 Å². The molecule has 0 saturated carbocycles. The summed E-state index contributed by atoms with van der Waals surface area (Å²) in [5.74, 6) is -0.0822.